The summed E-state index contributed by atoms with van der Waals surface area (Å²) in [7, 11) is 0. The molecule has 1 atom stereocenters. The molecule has 1 aliphatic carbocycles. The van der Waals surface area contributed by atoms with E-state index in [-0.39, 0.29) is 5.41 Å². The number of benzene rings is 1. The fourth-order valence-corrected chi connectivity index (χ4v) is 3.18. The first kappa shape index (κ1) is 9.40. The fraction of sp³-hybridized carbons (Fsp3) is 0.417. The molecular formula is C12H12BrNO. The summed E-state index contributed by atoms with van der Waals surface area (Å²) >= 11 is 3.45. The topological polar surface area (TPSA) is 29.1 Å². The highest BCUT2D eigenvalue weighted by molar-refractivity contribution is 9.10. The Morgan fingerprint density at radius 3 is 3.00 bits per heavy atom. The third-order valence-corrected chi connectivity index (χ3v) is 4.11. The van der Waals surface area contributed by atoms with Crippen molar-refractivity contribution in [1.29, 1.82) is 0 Å². The lowest BCUT2D eigenvalue weighted by Gasteiger charge is -2.20. The third-order valence-electron chi connectivity index (χ3n) is 3.62. The number of hydrogen-bond acceptors (Lipinski definition) is 2. The van der Waals surface area contributed by atoms with Gasteiger partial charge in [0.2, 0.25) is 0 Å². The van der Waals surface area contributed by atoms with Crippen molar-refractivity contribution >= 4 is 27.4 Å². The van der Waals surface area contributed by atoms with Gasteiger partial charge in [-0.2, -0.15) is 0 Å². The minimum atomic E-state index is -0.198. The molecule has 0 bridgehead atoms. The standard InChI is InChI=1S/C12H12BrNO/c13-8-3-4-9-10(6-8)14-7-12(9)5-1-2-11(12)15/h3-4,6,14H,1-2,5,7H2. The molecule has 3 heteroatoms. The van der Waals surface area contributed by atoms with Crippen molar-refractivity contribution in [2.45, 2.75) is 24.7 Å². The number of carbonyl (C=O) groups is 1. The van der Waals surface area contributed by atoms with Gasteiger partial charge in [-0.25, -0.2) is 0 Å². The number of fused-ring (bicyclic) bond motifs is 2. The van der Waals surface area contributed by atoms with Crippen molar-refractivity contribution in [2.75, 3.05) is 11.9 Å². The number of rotatable bonds is 0. The Hall–Kier alpha value is -0.830. The van der Waals surface area contributed by atoms with Crippen LogP contribution in [0.3, 0.4) is 0 Å². The van der Waals surface area contributed by atoms with E-state index in [0.717, 1.165) is 36.0 Å². The fourth-order valence-electron chi connectivity index (χ4n) is 2.82. The number of hydrogen-bond donors (Lipinski definition) is 1. The molecule has 15 heavy (non-hydrogen) atoms. The maximum atomic E-state index is 12.0. The second-order valence-corrected chi connectivity index (χ2v) is 5.32. The summed E-state index contributed by atoms with van der Waals surface area (Å²) in [4.78, 5) is 12.0. The van der Waals surface area contributed by atoms with E-state index in [4.69, 9.17) is 0 Å². The van der Waals surface area contributed by atoms with Gasteiger partial charge in [0.25, 0.3) is 0 Å². The minimum absolute atomic E-state index is 0.198. The number of anilines is 1. The molecule has 1 N–H and O–H groups in total. The van der Waals surface area contributed by atoms with Gasteiger partial charge in [0.05, 0.1) is 5.41 Å². The predicted molar refractivity (Wildman–Crippen MR) is 63.2 cm³/mol. The van der Waals surface area contributed by atoms with Gasteiger partial charge in [0.1, 0.15) is 5.78 Å². The van der Waals surface area contributed by atoms with Gasteiger partial charge in [-0.05, 0) is 30.5 Å². The molecule has 0 amide bonds. The molecule has 2 nitrogen and oxygen atoms in total. The van der Waals surface area contributed by atoms with Crippen LogP contribution in [-0.4, -0.2) is 12.3 Å². The van der Waals surface area contributed by atoms with E-state index >= 15 is 0 Å². The molecule has 1 fully saturated rings. The number of nitrogens with one attached hydrogen (secondary N) is 1. The molecule has 1 aliphatic heterocycles. The molecule has 1 aromatic rings. The first-order chi connectivity index (χ1) is 7.22. The maximum absolute atomic E-state index is 12.0. The number of Topliss-reactive ketones (excluding diaryl/α,β-unsaturated/α-hetero) is 1. The SMILES string of the molecule is O=C1CCCC12CNc1cc(Br)ccc12. The average molecular weight is 266 g/mol. The van der Waals surface area contributed by atoms with Crippen LogP contribution >= 0.6 is 15.9 Å². The van der Waals surface area contributed by atoms with E-state index in [1.165, 1.54) is 5.56 Å². The highest BCUT2D eigenvalue weighted by Gasteiger charge is 2.47. The van der Waals surface area contributed by atoms with Crippen molar-refractivity contribution in [3.63, 3.8) is 0 Å². The van der Waals surface area contributed by atoms with Crippen LogP contribution in [0.1, 0.15) is 24.8 Å². The summed E-state index contributed by atoms with van der Waals surface area (Å²) < 4.78 is 1.07. The zero-order valence-electron chi connectivity index (χ0n) is 8.35. The Bertz CT molecular complexity index is 443. The Labute approximate surface area is 97.2 Å². The average Bonchev–Trinajstić information content (AvgIpc) is 2.75. The van der Waals surface area contributed by atoms with Crippen LogP contribution < -0.4 is 5.32 Å². The van der Waals surface area contributed by atoms with Crippen LogP contribution in [-0.2, 0) is 10.2 Å². The van der Waals surface area contributed by atoms with E-state index < -0.39 is 0 Å². The highest BCUT2D eigenvalue weighted by Crippen LogP contribution is 2.46. The molecule has 0 aromatic heterocycles. The Kier molecular flexibility index (Phi) is 1.93. The summed E-state index contributed by atoms with van der Waals surface area (Å²) in [6.45, 7) is 0.789. The summed E-state index contributed by atoms with van der Waals surface area (Å²) in [5, 5.41) is 3.35. The molecule has 2 aliphatic rings. The van der Waals surface area contributed by atoms with E-state index in [0.29, 0.717) is 5.78 Å². The van der Waals surface area contributed by atoms with Crippen molar-refractivity contribution in [1.82, 2.24) is 0 Å². The zero-order valence-corrected chi connectivity index (χ0v) is 9.93. The van der Waals surface area contributed by atoms with E-state index in [2.05, 4.69) is 33.4 Å². The van der Waals surface area contributed by atoms with Crippen LogP contribution in [0.2, 0.25) is 0 Å². The normalized spacial score (nSPS) is 28.2. The lowest BCUT2D eigenvalue weighted by molar-refractivity contribution is -0.121. The first-order valence-corrected chi connectivity index (χ1v) is 6.09. The van der Waals surface area contributed by atoms with Crippen LogP contribution in [0.25, 0.3) is 0 Å². The molecule has 1 heterocycles. The number of carbonyl (C=O) groups excluding carboxylic acids is 1. The molecule has 3 rings (SSSR count). The monoisotopic (exact) mass is 265 g/mol. The molecule has 1 spiro atoms. The summed E-state index contributed by atoms with van der Waals surface area (Å²) in [5.41, 5.74) is 2.13. The molecule has 1 aromatic carbocycles. The van der Waals surface area contributed by atoms with E-state index in [1.54, 1.807) is 0 Å². The smallest absolute Gasteiger partial charge is 0.145 e. The van der Waals surface area contributed by atoms with Crippen LogP contribution in [0.5, 0.6) is 0 Å². The Morgan fingerprint density at radius 2 is 2.27 bits per heavy atom. The van der Waals surface area contributed by atoms with E-state index in [9.17, 15) is 4.79 Å². The van der Waals surface area contributed by atoms with Crippen molar-refractivity contribution in [3.05, 3.63) is 28.2 Å². The largest absolute Gasteiger partial charge is 0.383 e. The molecular weight excluding hydrogens is 254 g/mol. The molecule has 78 valence electrons. The molecule has 1 unspecified atom stereocenters. The van der Waals surface area contributed by atoms with Crippen molar-refractivity contribution < 1.29 is 4.79 Å². The van der Waals surface area contributed by atoms with Crippen LogP contribution in [0.15, 0.2) is 22.7 Å². The number of ketones is 1. The minimum Gasteiger partial charge on any atom is -0.383 e. The quantitative estimate of drug-likeness (QED) is 0.782. The Balaban J connectivity index is 2.15. The van der Waals surface area contributed by atoms with Gasteiger partial charge >= 0.3 is 0 Å². The summed E-state index contributed by atoms with van der Waals surface area (Å²) in [5.74, 6) is 0.413. The Morgan fingerprint density at radius 1 is 1.40 bits per heavy atom. The number of halogens is 1. The lowest BCUT2D eigenvalue weighted by atomic mass is 9.80. The lowest BCUT2D eigenvalue weighted by Crippen LogP contribution is -2.32. The maximum Gasteiger partial charge on any atom is 0.145 e. The second-order valence-electron chi connectivity index (χ2n) is 4.40. The van der Waals surface area contributed by atoms with Gasteiger partial charge < -0.3 is 5.32 Å². The van der Waals surface area contributed by atoms with Gasteiger partial charge in [-0.1, -0.05) is 22.0 Å². The first-order valence-electron chi connectivity index (χ1n) is 5.30. The third kappa shape index (κ3) is 1.19. The van der Waals surface area contributed by atoms with Gasteiger partial charge in [0, 0.05) is 23.1 Å². The van der Waals surface area contributed by atoms with E-state index in [1.807, 2.05) is 6.07 Å². The van der Waals surface area contributed by atoms with Gasteiger partial charge in [-0.15, -0.1) is 0 Å². The van der Waals surface area contributed by atoms with Crippen LogP contribution in [0.4, 0.5) is 5.69 Å². The van der Waals surface area contributed by atoms with Crippen LogP contribution in [0, 0.1) is 0 Å². The molecule has 0 radical (unpaired) electrons. The highest BCUT2D eigenvalue weighted by atomic mass is 79.9. The summed E-state index contributed by atoms with van der Waals surface area (Å²) in [6.07, 6.45) is 2.79. The van der Waals surface area contributed by atoms with Crippen molar-refractivity contribution in [2.24, 2.45) is 0 Å². The second kappa shape index (κ2) is 3.08. The van der Waals surface area contributed by atoms with Crippen molar-refractivity contribution in [3.8, 4) is 0 Å². The zero-order chi connectivity index (χ0) is 10.5. The summed E-state index contributed by atoms with van der Waals surface area (Å²) in [6, 6.07) is 6.18. The predicted octanol–water partition coefficient (Wildman–Crippen LogP) is 2.87. The van der Waals surface area contributed by atoms with Gasteiger partial charge in [0.15, 0.2) is 0 Å². The van der Waals surface area contributed by atoms with Gasteiger partial charge in [-0.3, -0.25) is 4.79 Å². The molecule has 0 saturated heterocycles. The molecule has 1 saturated carbocycles.